The van der Waals surface area contributed by atoms with Gasteiger partial charge in [0.25, 0.3) is 5.56 Å². The highest BCUT2D eigenvalue weighted by molar-refractivity contribution is 5.23. The van der Waals surface area contributed by atoms with E-state index in [1.165, 1.54) is 19.3 Å². The van der Waals surface area contributed by atoms with Crippen LogP contribution in [0.2, 0.25) is 0 Å². The first-order valence-corrected chi connectivity index (χ1v) is 6.48. The maximum atomic E-state index is 12.3. The van der Waals surface area contributed by atoms with E-state index >= 15 is 0 Å². The molecule has 0 unspecified atom stereocenters. The lowest BCUT2D eigenvalue weighted by molar-refractivity contribution is 0.492. The average Bonchev–Trinajstić information content (AvgIpc) is 2.69. The largest absolute Gasteiger partial charge is 0.296 e. The Kier molecular flexibility index (Phi) is 2.54. The monoisotopic (exact) mass is 218 g/mol. The number of rotatable bonds is 0. The van der Waals surface area contributed by atoms with Crippen molar-refractivity contribution in [1.82, 2.24) is 9.55 Å². The van der Waals surface area contributed by atoms with E-state index in [0.717, 1.165) is 55.7 Å². The van der Waals surface area contributed by atoms with E-state index in [4.69, 9.17) is 4.98 Å². The highest BCUT2D eigenvalue weighted by atomic mass is 16.1. The normalized spacial score (nSPS) is 19.8. The van der Waals surface area contributed by atoms with Gasteiger partial charge in [0.1, 0.15) is 5.82 Å². The van der Waals surface area contributed by atoms with Gasteiger partial charge in [-0.2, -0.15) is 0 Å². The second kappa shape index (κ2) is 4.04. The number of hydrogen-bond donors (Lipinski definition) is 0. The molecule has 86 valence electrons. The smallest absolute Gasteiger partial charge is 0.256 e. The van der Waals surface area contributed by atoms with Crippen LogP contribution in [0.4, 0.5) is 0 Å². The summed E-state index contributed by atoms with van der Waals surface area (Å²) in [6.45, 7) is 0.883. The standard InChI is InChI=1S/C13H18N2O/c16-13-10-6-5-7-11(10)14-12-8-3-1-2-4-9-15(12)13/h1-9H2. The molecule has 0 fully saturated rings. The zero-order chi connectivity index (χ0) is 11.0. The van der Waals surface area contributed by atoms with E-state index < -0.39 is 0 Å². The average molecular weight is 218 g/mol. The first kappa shape index (κ1) is 10.1. The molecule has 1 aliphatic carbocycles. The van der Waals surface area contributed by atoms with Crippen LogP contribution in [-0.4, -0.2) is 9.55 Å². The molecule has 0 radical (unpaired) electrons. The Morgan fingerprint density at radius 3 is 2.75 bits per heavy atom. The van der Waals surface area contributed by atoms with Crippen molar-refractivity contribution in [1.29, 1.82) is 0 Å². The minimum atomic E-state index is 0.263. The third kappa shape index (κ3) is 1.58. The first-order chi connectivity index (χ1) is 7.86. The molecule has 1 aliphatic heterocycles. The van der Waals surface area contributed by atoms with Gasteiger partial charge in [0.05, 0.1) is 5.69 Å². The molecular weight excluding hydrogens is 200 g/mol. The van der Waals surface area contributed by atoms with E-state index in [1.54, 1.807) is 0 Å². The number of hydrogen-bond acceptors (Lipinski definition) is 2. The molecule has 0 bridgehead atoms. The van der Waals surface area contributed by atoms with E-state index in [-0.39, 0.29) is 5.56 Å². The molecule has 1 aromatic heterocycles. The van der Waals surface area contributed by atoms with E-state index in [0.29, 0.717) is 0 Å². The van der Waals surface area contributed by atoms with Crippen molar-refractivity contribution in [2.24, 2.45) is 0 Å². The fraction of sp³-hybridized carbons (Fsp3) is 0.692. The van der Waals surface area contributed by atoms with Crippen LogP contribution in [0.25, 0.3) is 0 Å². The van der Waals surface area contributed by atoms with Crippen molar-refractivity contribution in [2.75, 3.05) is 0 Å². The van der Waals surface area contributed by atoms with Gasteiger partial charge in [-0.05, 0) is 32.1 Å². The number of fused-ring (bicyclic) bond motifs is 2. The number of aromatic nitrogens is 2. The zero-order valence-electron chi connectivity index (χ0n) is 9.67. The lowest BCUT2D eigenvalue weighted by Crippen LogP contribution is -2.29. The lowest BCUT2D eigenvalue weighted by Gasteiger charge is -2.16. The van der Waals surface area contributed by atoms with Crippen molar-refractivity contribution < 1.29 is 0 Å². The molecule has 16 heavy (non-hydrogen) atoms. The SMILES string of the molecule is O=c1c2c(nc3n1CCCCCC3)CCC2. The topological polar surface area (TPSA) is 34.9 Å². The predicted molar refractivity (Wildman–Crippen MR) is 62.7 cm³/mol. The Morgan fingerprint density at radius 1 is 0.938 bits per heavy atom. The van der Waals surface area contributed by atoms with Gasteiger partial charge < -0.3 is 0 Å². The van der Waals surface area contributed by atoms with Gasteiger partial charge in [-0.1, -0.05) is 12.8 Å². The molecule has 3 rings (SSSR count). The van der Waals surface area contributed by atoms with Crippen LogP contribution < -0.4 is 5.56 Å². The van der Waals surface area contributed by atoms with Gasteiger partial charge in [-0.3, -0.25) is 9.36 Å². The maximum absolute atomic E-state index is 12.3. The highest BCUT2D eigenvalue weighted by Crippen LogP contribution is 2.19. The van der Waals surface area contributed by atoms with E-state index in [1.807, 2.05) is 4.57 Å². The van der Waals surface area contributed by atoms with Crippen LogP contribution in [0.5, 0.6) is 0 Å². The van der Waals surface area contributed by atoms with Crippen LogP contribution in [0.1, 0.15) is 49.2 Å². The second-order valence-electron chi connectivity index (χ2n) is 4.93. The van der Waals surface area contributed by atoms with Crippen molar-refractivity contribution in [2.45, 2.75) is 57.9 Å². The summed E-state index contributed by atoms with van der Waals surface area (Å²) in [7, 11) is 0. The molecule has 0 amide bonds. The summed E-state index contributed by atoms with van der Waals surface area (Å²) in [4.78, 5) is 17.0. The molecule has 0 spiro atoms. The fourth-order valence-electron chi connectivity index (χ4n) is 2.91. The summed E-state index contributed by atoms with van der Waals surface area (Å²) in [5.41, 5.74) is 2.36. The summed E-state index contributed by atoms with van der Waals surface area (Å²) >= 11 is 0. The Bertz CT molecular complexity index is 462. The van der Waals surface area contributed by atoms with Crippen LogP contribution in [0.15, 0.2) is 4.79 Å². The summed E-state index contributed by atoms with van der Waals surface area (Å²) in [6, 6.07) is 0. The van der Waals surface area contributed by atoms with Crippen molar-refractivity contribution in [3.05, 3.63) is 27.4 Å². The molecule has 3 heteroatoms. The van der Waals surface area contributed by atoms with Crippen LogP contribution in [-0.2, 0) is 25.8 Å². The molecule has 0 saturated heterocycles. The first-order valence-electron chi connectivity index (χ1n) is 6.48. The fourth-order valence-corrected chi connectivity index (χ4v) is 2.91. The number of nitrogens with zero attached hydrogens (tertiary/aromatic N) is 2. The third-order valence-corrected chi connectivity index (χ3v) is 3.80. The molecule has 0 saturated carbocycles. The quantitative estimate of drug-likeness (QED) is 0.666. The zero-order valence-corrected chi connectivity index (χ0v) is 9.67. The Hall–Kier alpha value is -1.12. The highest BCUT2D eigenvalue weighted by Gasteiger charge is 2.20. The molecule has 3 nitrogen and oxygen atoms in total. The lowest BCUT2D eigenvalue weighted by atomic mass is 10.1. The van der Waals surface area contributed by atoms with Crippen LogP contribution in [0, 0.1) is 0 Å². The minimum Gasteiger partial charge on any atom is -0.296 e. The van der Waals surface area contributed by atoms with Gasteiger partial charge in [-0.25, -0.2) is 4.98 Å². The van der Waals surface area contributed by atoms with Crippen molar-refractivity contribution in [3.8, 4) is 0 Å². The van der Waals surface area contributed by atoms with Crippen molar-refractivity contribution in [3.63, 3.8) is 0 Å². The predicted octanol–water partition coefficient (Wildman–Crippen LogP) is 1.85. The molecule has 1 aromatic rings. The second-order valence-corrected chi connectivity index (χ2v) is 4.93. The van der Waals surface area contributed by atoms with E-state index in [9.17, 15) is 4.79 Å². The Morgan fingerprint density at radius 2 is 1.81 bits per heavy atom. The molecular formula is C13H18N2O. The van der Waals surface area contributed by atoms with Gasteiger partial charge in [0.15, 0.2) is 0 Å². The van der Waals surface area contributed by atoms with Crippen molar-refractivity contribution >= 4 is 0 Å². The molecule has 0 atom stereocenters. The van der Waals surface area contributed by atoms with Crippen LogP contribution in [0.3, 0.4) is 0 Å². The summed E-state index contributed by atoms with van der Waals surface area (Å²) in [6.07, 6.45) is 8.91. The molecule has 2 heterocycles. The maximum Gasteiger partial charge on any atom is 0.256 e. The van der Waals surface area contributed by atoms with Gasteiger partial charge in [-0.15, -0.1) is 0 Å². The molecule has 2 aliphatic rings. The van der Waals surface area contributed by atoms with Gasteiger partial charge in [0.2, 0.25) is 0 Å². The Balaban J connectivity index is 2.12. The summed E-state index contributed by atoms with van der Waals surface area (Å²) in [5.74, 6) is 1.05. The van der Waals surface area contributed by atoms with Crippen LogP contribution >= 0.6 is 0 Å². The van der Waals surface area contributed by atoms with E-state index in [2.05, 4.69) is 0 Å². The van der Waals surface area contributed by atoms with Gasteiger partial charge in [0, 0.05) is 18.5 Å². The summed E-state index contributed by atoms with van der Waals surface area (Å²) < 4.78 is 1.95. The molecule has 0 N–H and O–H groups in total. The minimum absolute atomic E-state index is 0.263. The van der Waals surface area contributed by atoms with Gasteiger partial charge >= 0.3 is 0 Å². The molecule has 0 aromatic carbocycles. The summed E-state index contributed by atoms with van der Waals surface area (Å²) in [5, 5.41) is 0. The third-order valence-electron chi connectivity index (χ3n) is 3.80. The number of aryl methyl sites for hydroxylation is 2. The Labute approximate surface area is 95.5 Å².